The Labute approximate surface area is 92.9 Å². The number of carbonyl (C=O) groups excluding carboxylic acids is 1. The average Bonchev–Trinajstić information content (AvgIpc) is 2.04. The number of hydrogen-bond donors (Lipinski definition) is 0. The van der Waals surface area contributed by atoms with Crippen LogP contribution in [0.1, 0.15) is 6.92 Å². The zero-order valence-corrected chi connectivity index (χ0v) is 10.2. The van der Waals surface area contributed by atoms with Gasteiger partial charge < -0.3 is 0 Å². The number of rotatable bonds is 3. The van der Waals surface area contributed by atoms with Gasteiger partial charge in [-0.3, -0.25) is 0 Å². The molecule has 0 heterocycles. The Hall–Kier alpha value is -0.290. The van der Waals surface area contributed by atoms with E-state index in [0.29, 0.717) is 0 Å². The first-order chi connectivity index (χ1) is 6.18. The molecule has 0 aliphatic rings. The molecule has 0 saturated carbocycles. The van der Waals surface area contributed by atoms with Crippen LogP contribution in [0.4, 0.5) is 0 Å². The van der Waals surface area contributed by atoms with Crippen molar-refractivity contribution in [3.63, 3.8) is 0 Å². The predicted molar refractivity (Wildman–Crippen MR) is 56.4 cm³/mol. The average molecular weight is 308 g/mol. The molecule has 1 aromatic rings. The molecule has 0 saturated heterocycles. The fourth-order valence-corrected chi connectivity index (χ4v) is 3.60. The first-order valence-electron chi connectivity index (χ1n) is 3.79. The summed E-state index contributed by atoms with van der Waals surface area (Å²) in [6.07, 6.45) is 1.51. The van der Waals surface area contributed by atoms with Crippen LogP contribution >= 0.6 is 11.6 Å². The monoisotopic (exact) mass is 310 g/mol. The van der Waals surface area contributed by atoms with Crippen LogP contribution < -0.4 is 3.61 Å². The summed E-state index contributed by atoms with van der Waals surface area (Å²) in [6, 6.07) is 10.2. The Morgan fingerprint density at radius 3 is 2.54 bits per heavy atom. The fraction of sp³-hybridized carbons (Fsp3) is 0.100. The molecule has 0 atom stereocenters. The number of hydrogen-bond acceptors (Lipinski definition) is 1. The van der Waals surface area contributed by atoms with Crippen molar-refractivity contribution in [1.29, 1.82) is 0 Å². The van der Waals surface area contributed by atoms with E-state index in [1.807, 2.05) is 25.1 Å². The molecular formula is C10H9ClOTe. The third kappa shape index (κ3) is 4.47. The van der Waals surface area contributed by atoms with Gasteiger partial charge in [0, 0.05) is 0 Å². The minimum absolute atomic E-state index is 0.376. The summed E-state index contributed by atoms with van der Waals surface area (Å²) in [7, 11) is 0. The fourth-order valence-electron chi connectivity index (χ4n) is 0.864. The molecule has 0 bridgehead atoms. The van der Waals surface area contributed by atoms with Crippen LogP contribution in [0.25, 0.3) is 0 Å². The Balaban J connectivity index is 2.65. The molecule has 0 N–H and O–H groups in total. The third-order valence-corrected chi connectivity index (χ3v) is 4.15. The molecule has 1 rings (SSSR count). The van der Waals surface area contributed by atoms with Gasteiger partial charge in [-0.2, -0.15) is 0 Å². The summed E-state index contributed by atoms with van der Waals surface area (Å²) < 4.78 is 2.43. The topological polar surface area (TPSA) is 17.1 Å². The molecule has 0 spiro atoms. The van der Waals surface area contributed by atoms with Gasteiger partial charge in [0.25, 0.3) is 0 Å². The van der Waals surface area contributed by atoms with Crippen LogP contribution in [0, 0.1) is 0 Å². The summed E-state index contributed by atoms with van der Waals surface area (Å²) in [6.45, 7) is 1.95. The summed E-state index contributed by atoms with van der Waals surface area (Å²) in [5, 5.41) is -0.376. The van der Waals surface area contributed by atoms with Crippen LogP contribution in [0.15, 0.2) is 40.0 Å². The molecule has 0 aromatic heterocycles. The second-order valence-electron chi connectivity index (χ2n) is 2.47. The second kappa shape index (κ2) is 5.44. The van der Waals surface area contributed by atoms with Crippen LogP contribution in [0.2, 0.25) is 0 Å². The predicted octanol–water partition coefficient (Wildman–Crippen LogP) is 1.69. The molecule has 68 valence electrons. The molecule has 0 fully saturated rings. The van der Waals surface area contributed by atoms with E-state index in [1.165, 1.54) is 9.69 Å². The molecule has 3 heteroatoms. The maximum atomic E-state index is 10.6. The summed E-state index contributed by atoms with van der Waals surface area (Å²) in [5.41, 5.74) is 0. The molecule has 0 radical (unpaired) electrons. The zero-order valence-electron chi connectivity index (χ0n) is 7.16. The quantitative estimate of drug-likeness (QED) is 0.472. The van der Waals surface area contributed by atoms with E-state index in [2.05, 4.69) is 12.1 Å². The van der Waals surface area contributed by atoms with E-state index in [0.717, 1.165) is 3.62 Å². The van der Waals surface area contributed by atoms with E-state index >= 15 is 0 Å². The van der Waals surface area contributed by atoms with Gasteiger partial charge in [-0.1, -0.05) is 0 Å². The molecule has 13 heavy (non-hydrogen) atoms. The van der Waals surface area contributed by atoms with Gasteiger partial charge in [-0.25, -0.2) is 0 Å². The first-order valence-corrected chi connectivity index (χ1v) is 6.50. The van der Waals surface area contributed by atoms with Gasteiger partial charge in [0.05, 0.1) is 0 Å². The number of carbonyl (C=O) groups is 1. The summed E-state index contributed by atoms with van der Waals surface area (Å²) in [4.78, 5) is 10.6. The number of benzene rings is 1. The van der Waals surface area contributed by atoms with Gasteiger partial charge >= 0.3 is 93.1 Å². The van der Waals surface area contributed by atoms with Gasteiger partial charge in [0.15, 0.2) is 0 Å². The van der Waals surface area contributed by atoms with E-state index < -0.39 is 20.9 Å². The third-order valence-electron chi connectivity index (χ3n) is 1.34. The summed E-state index contributed by atoms with van der Waals surface area (Å²) >= 11 is 4.85. The van der Waals surface area contributed by atoms with Crippen molar-refractivity contribution in [3.05, 3.63) is 40.0 Å². The normalized spacial score (nSPS) is 11.4. The van der Waals surface area contributed by atoms with Crippen molar-refractivity contribution in [2.45, 2.75) is 6.92 Å². The Morgan fingerprint density at radius 2 is 2.00 bits per heavy atom. The van der Waals surface area contributed by atoms with Crippen molar-refractivity contribution >= 4 is 41.4 Å². The van der Waals surface area contributed by atoms with Crippen LogP contribution in [0.3, 0.4) is 0 Å². The Bertz CT molecular complexity index is 319. The molecule has 1 aromatic carbocycles. The van der Waals surface area contributed by atoms with Gasteiger partial charge in [-0.05, 0) is 0 Å². The van der Waals surface area contributed by atoms with Gasteiger partial charge in [0.1, 0.15) is 0 Å². The van der Waals surface area contributed by atoms with E-state index in [-0.39, 0.29) is 5.24 Å². The van der Waals surface area contributed by atoms with Crippen LogP contribution in [-0.4, -0.2) is 26.2 Å². The standard InChI is InChI=1S/C10H9ClOTe/c1-8(7-10(11)12)13-9-5-3-2-4-6-9/h2-7H,1H3/b8-7-. The van der Waals surface area contributed by atoms with Crippen molar-refractivity contribution in [2.24, 2.45) is 0 Å². The first kappa shape index (κ1) is 10.8. The molecule has 0 amide bonds. The summed E-state index contributed by atoms with van der Waals surface area (Å²) in [5.74, 6) is 0. The number of halogens is 1. The van der Waals surface area contributed by atoms with E-state index in [4.69, 9.17) is 11.6 Å². The SMILES string of the molecule is C/C(=C/C(=O)Cl)[Te]c1ccccc1. The zero-order chi connectivity index (χ0) is 9.68. The van der Waals surface area contributed by atoms with Gasteiger partial charge in [0.2, 0.25) is 0 Å². The van der Waals surface area contributed by atoms with Crippen molar-refractivity contribution in [2.75, 3.05) is 0 Å². The van der Waals surface area contributed by atoms with Crippen LogP contribution in [-0.2, 0) is 4.79 Å². The van der Waals surface area contributed by atoms with Gasteiger partial charge in [-0.15, -0.1) is 0 Å². The van der Waals surface area contributed by atoms with Crippen molar-refractivity contribution < 1.29 is 4.79 Å². The van der Waals surface area contributed by atoms with Crippen LogP contribution in [0.5, 0.6) is 0 Å². The minimum atomic E-state index is -0.394. The molecular weight excluding hydrogens is 299 g/mol. The maximum absolute atomic E-state index is 10.6. The second-order valence-corrected chi connectivity index (χ2v) is 6.61. The Kier molecular flexibility index (Phi) is 4.52. The van der Waals surface area contributed by atoms with E-state index in [9.17, 15) is 4.79 Å². The van der Waals surface area contributed by atoms with Crippen molar-refractivity contribution in [1.82, 2.24) is 0 Å². The molecule has 0 unspecified atom stereocenters. The molecule has 0 aliphatic carbocycles. The Morgan fingerprint density at radius 1 is 1.38 bits per heavy atom. The molecule has 1 nitrogen and oxygen atoms in total. The molecule has 0 aliphatic heterocycles. The number of allylic oxidation sites excluding steroid dienone is 2. The van der Waals surface area contributed by atoms with E-state index in [1.54, 1.807) is 0 Å². The van der Waals surface area contributed by atoms with Crippen molar-refractivity contribution in [3.8, 4) is 0 Å².